The van der Waals surface area contributed by atoms with Crippen molar-refractivity contribution in [1.29, 1.82) is 0 Å². The van der Waals surface area contributed by atoms with Crippen LogP contribution in [0.5, 0.6) is 0 Å². The average molecular weight is 316 g/mol. The predicted molar refractivity (Wildman–Crippen MR) is 95.5 cm³/mol. The lowest BCUT2D eigenvalue weighted by Gasteiger charge is -2.36. The topological polar surface area (TPSA) is 24.5 Å². The second-order valence-corrected chi connectivity index (χ2v) is 7.56. The maximum absolute atomic E-state index is 5.84. The summed E-state index contributed by atoms with van der Waals surface area (Å²) in [5, 5.41) is 3.83. The van der Waals surface area contributed by atoms with Crippen LogP contribution in [-0.2, 0) is 11.3 Å². The van der Waals surface area contributed by atoms with E-state index in [9.17, 15) is 0 Å². The largest absolute Gasteiger partial charge is 0.375 e. The zero-order valence-electron chi connectivity index (χ0n) is 14.7. The van der Waals surface area contributed by atoms with Gasteiger partial charge in [0, 0.05) is 19.1 Å². The molecule has 1 N–H and O–H groups in total. The summed E-state index contributed by atoms with van der Waals surface area (Å²) < 4.78 is 5.84. The van der Waals surface area contributed by atoms with Crippen molar-refractivity contribution >= 4 is 0 Å². The Kier molecular flexibility index (Phi) is 6.09. The van der Waals surface area contributed by atoms with Crippen LogP contribution in [0.3, 0.4) is 0 Å². The number of rotatable bonds is 5. The van der Waals surface area contributed by atoms with Gasteiger partial charge >= 0.3 is 0 Å². The molecule has 0 bridgehead atoms. The van der Waals surface area contributed by atoms with Gasteiger partial charge in [-0.3, -0.25) is 4.90 Å². The van der Waals surface area contributed by atoms with Crippen LogP contribution in [0, 0.1) is 5.92 Å². The van der Waals surface area contributed by atoms with Gasteiger partial charge in [0.05, 0.1) is 12.2 Å². The van der Waals surface area contributed by atoms with E-state index in [2.05, 4.69) is 54.4 Å². The van der Waals surface area contributed by atoms with Crippen molar-refractivity contribution in [1.82, 2.24) is 10.2 Å². The minimum absolute atomic E-state index is 0.400. The van der Waals surface area contributed by atoms with E-state index in [1.807, 2.05) is 0 Å². The highest BCUT2D eigenvalue weighted by atomic mass is 16.5. The highest BCUT2D eigenvalue weighted by Crippen LogP contribution is 2.21. The maximum atomic E-state index is 5.84. The highest BCUT2D eigenvalue weighted by molar-refractivity contribution is 5.14. The molecular weight excluding hydrogens is 284 g/mol. The summed E-state index contributed by atoms with van der Waals surface area (Å²) in [7, 11) is 0. The zero-order chi connectivity index (χ0) is 16.1. The molecule has 3 rings (SSSR count). The lowest BCUT2D eigenvalue weighted by molar-refractivity contribution is -0.0428. The lowest BCUT2D eigenvalue weighted by Crippen LogP contribution is -2.45. The van der Waals surface area contributed by atoms with E-state index in [-0.39, 0.29) is 0 Å². The molecule has 128 valence electrons. The standard InChI is InChI=1S/C20H32N2O/c1-16-11-20(12-17(2)23-16)21-13-19-9-6-10-22(15-19)14-18-7-4-3-5-8-18/h3-5,7-8,16-17,19-21H,6,9-15H2,1-2H3/t16-,17-,19+/m1/s1. The first-order valence-corrected chi connectivity index (χ1v) is 9.34. The molecule has 2 saturated heterocycles. The summed E-state index contributed by atoms with van der Waals surface area (Å²) in [6, 6.07) is 11.5. The Morgan fingerprint density at radius 2 is 1.87 bits per heavy atom. The lowest BCUT2D eigenvalue weighted by atomic mass is 9.95. The van der Waals surface area contributed by atoms with Crippen LogP contribution in [0.15, 0.2) is 30.3 Å². The number of likely N-dealkylation sites (tertiary alicyclic amines) is 1. The minimum Gasteiger partial charge on any atom is -0.375 e. The molecule has 1 aromatic rings. The Morgan fingerprint density at radius 3 is 2.61 bits per heavy atom. The van der Waals surface area contributed by atoms with Gasteiger partial charge in [-0.15, -0.1) is 0 Å². The Morgan fingerprint density at radius 1 is 1.13 bits per heavy atom. The molecule has 0 amide bonds. The number of piperidine rings is 1. The van der Waals surface area contributed by atoms with Gasteiger partial charge in [0.2, 0.25) is 0 Å². The summed E-state index contributed by atoms with van der Waals surface area (Å²) in [6.45, 7) is 9.14. The van der Waals surface area contributed by atoms with Gasteiger partial charge in [-0.1, -0.05) is 30.3 Å². The molecular formula is C20H32N2O. The van der Waals surface area contributed by atoms with Crippen LogP contribution in [0.1, 0.15) is 45.1 Å². The summed E-state index contributed by atoms with van der Waals surface area (Å²) in [5.74, 6) is 0.793. The zero-order valence-corrected chi connectivity index (χ0v) is 14.7. The molecule has 0 aliphatic carbocycles. The van der Waals surface area contributed by atoms with Crippen LogP contribution in [0.2, 0.25) is 0 Å². The molecule has 3 atom stereocenters. The van der Waals surface area contributed by atoms with Crippen molar-refractivity contribution in [3.05, 3.63) is 35.9 Å². The van der Waals surface area contributed by atoms with Crippen molar-refractivity contribution in [2.75, 3.05) is 19.6 Å². The van der Waals surface area contributed by atoms with Crippen molar-refractivity contribution in [2.45, 2.75) is 64.3 Å². The van der Waals surface area contributed by atoms with Crippen molar-refractivity contribution < 1.29 is 4.74 Å². The second-order valence-electron chi connectivity index (χ2n) is 7.56. The number of hydrogen-bond donors (Lipinski definition) is 1. The minimum atomic E-state index is 0.400. The van der Waals surface area contributed by atoms with Crippen LogP contribution in [-0.4, -0.2) is 42.8 Å². The third kappa shape index (κ3) is 5.30. The molecule has 2 aliphatic rings. The fourth-order valence-corrected chi connectivity index (χ4v) is 4.21. The first kappa shape index (κ1) is 16.9. The summed E-state index contributed by atoms with van der Waals surface area (Å²) >= 11 is 0. The normalized spacial score (nSPS) is 32.8. The highest BCUT2D eigenvalue weighted by Gasteiger charge is 2.26. The summed E-state index contributed by atoms with van der Waals surface area (Å²) in [6.07, 6.45) is 5.82. The van der Waals surface area contributed by atoms with Crippen molar-refractivity contribution in [3.63, 3.8) is 0 Å². The Hall–Kier alpha value is -0.900. The molecule has 3 nitrogen and oxygen atoms in total. The molecule has 0 aromatic heterocycles. The molecule has 0 spiro atoms. The van der Waals surface area contributed by atoms with E-state index < -0.39 is 0 Å². The molecule has 2 aliphatic heterocycles. The van der Waals surface area contributed by atoms with E-state index in [0.29, 0.717) is 18.2 Å². The van der Waals surface area contributed by atoms with Crippen LogP contribution in [0.4, 0.5) is 0 Å². The Bertz CT molecular complexity index is 454. The van der Waals surface area contributed by atoms with Gasteiger partial charge < -0.3 is 10.1 Å². The molecule has 0 unspecified atom stereocenters. The predicted octanol–water partition coefficient (Wildman–Crippen LogP) is 3.44. The van der Waals surface area contributed by atoms with Crippen molar-refractivity contribution in [3.8, 4) is 0 Å². The number of hydrogen-bond acceptors (Lipinski definition) is 3. The van der Waals surface area contributed by atoms with Crippen molar-refractivity contribution in [2.24, 2.45) is 5.92 Å². The third-order valence-corrected chi connectivity index (χ3v) is 5.24. The fourth-order valence-electron chi connectivity index (χ4n) is 4.21. The van der Waals surface area contributed by atoms with Gasteiger partial charge in [0.15, 0.2) is 0 Å². The average Bonchev–Trinajstić information content (AvgIpc) is 2.53. The van der Waals surface area contributed by atoms with Crippen LogP contribution in [0.25, 0.3) is 0 Å². The van der Waals surface area contributed by atoms with E-state index >= 15 is 0 Å². The SMILES string of the molecule is C[C@@H]1CC(NC[C@@H]2CCCN(Cc3ccccc3)C2)C[C@@H](C)O1. The molecule has 1 aromatic carbocycles. The summed E-state index contributed by atoms with van der Waals surface area (Å²) in [5.41, 5.74) is 1.44. The molecule has 23 heavy (non-hydrogen) atoms. The molecule has 0 radical (unpaired) electrons. The van der Waals surface area contributed by atoms with E-state index in [1.54, 1.807) is 0 Å². The third-order valence-electron chi connectivity index (χ3n) is 5.24. The number of benzene rings is 1. The van der Waals surface area contributed by atoms with Gasteiger partial charge in [0.1, 0.15) is 0 Å². The molecule has 0 saturated carbocycles. The van der Waals surface area contributed by atoms with E-state index in [0.717, 1.165) is 31.8 Å². The van der Waals surface area contributed by atoms with Crippen LogP contribution < -0.4 is 5.32 Å². The van der Waals surface area contributed by atoms with Crippen LogP contribution >= 0.6 is 0 Å². The van der Waals surface area contributed by atoms with Gasteiger partial charge in [-0.05, 0) is 64.1 Å². The van der Waals surface area contributed by atoms with E-state index in [1.165, 1.54) is 31.5 Å². The van der Waals surface area contributed by atoms with E-state index in [4.69, 9.17) is 4.74 Å². The number of nitrogens with one attached hydrogen (secondary N) is 1. The second kappa shape index (κ2) is 8.27. The Balaban J connectivity index is 1.43. The number of nitrogens with zero attached hydrogens (tertiary/aromatic N) is 1. The summed E-state index contributed by atoms with van der Waals surface area (Å²) in [4.78, 5) is 2.63. The van der Waals surface area contributed by atoms with Gasteiger partial charge in [-0.2, -0.15) is 0 Å². The Labute approximate surface area is 141 Å². The molecule has 3 heteroatoms. The number of ether oxygens (including phenoxy) is 1. The first-order chi connectivity index (χ1) is 11.2. The van der Waals surface area contributed by atoms with Gasteiger partial charge in [0.25, 0.3) is 0 Å². The maximum Gasteiger partial charge on any atom is 0.0565 e. The molecule has 2 fully saturated rings. The first-order valence-electron chi connectivity index (χ1n) is 9.34. The quantitative estimate of drug-likeness (QED) is 0.900. The monoisotopic (exact) mass is 316 g/mol. The molecule has 2 heterocycles. The van der Waals surface area contributed by atoms with Gasteiger partial charge in [-0.25, -0.2) is 0 Å². The fraction of sp³-hybridized carbons (Fsp3) is 0.700. The smallest absolute Gasteiger partial charge is 0.0565 e.